The Balaban J connectivity index is 1.26. The predicted molar refractivity (Wildman–Crippen MR) is 119 cm³/mol. The predicted octanol–water partition coefficient (Wildman–Crippen LogP) is 2.76. The van der Waals surface area contributed by atoms with E-state index in [9.17, 15) is 4.79 Å². The molecule has 5 heterocycles. The van der Waals surface area contributed by atoms with Gasteiger partial charge in [-0.15, -0.1) is 0 Å². The Kier molecular flexibility index (Phi) is 4.75. The van der Waals surface area contributed by atoms with Crippen LogP contribution in [0.15, 0.2) is 47.7 Å². The highest BCUT2D eigenvalue weighted by Crippen LogP contribution is 2.19. The van der Waals surface area contributed by atoms with Gasteiger partial charge in [-0.25, -0.2) is 4.98 Å². The zero-order valence-corrected chi connectivity index (χ0v) is 17.4. The van der Waals surface area contributed by atoms with Crippen LogP contribution in [0.1, 0.15) is 23.7 Å². The van der Waals surface area contributed by atoms with Gasteiger partial charge in [-0.3, -0.25) is 14.7 Å². The van der Waals surface area contributed by atoms with Gasteiger partial charge < -0.3 is 14.3 Å². The molecule has 0 unspecified atom stereocenters. The summed E-state index contributed by atoms with van der Waals surface area (Å²) in [6.07, 6.45) is 6.88. The second kappa shape index (κ2) is 7.57. The standard InChI is InChI=1S/C23H26N6O/c1-3-18-11-20-21(26-23(18)30)10-17(12-24-20)14-27-6-8-28(9-7-27)19-4-5-22-25-16(2)13-29(22)15-19/h4-5,10-13,15H,3,6-9,14H2,1-2H3,(H,26,30). The van der Waals surface area contributed by atoms with E-state index < -0.39 is 0 Å². The number of aromatic amines is 1. The number of H-pyrrole nitrogens is 1. The number of piperazine rings is 1. The first-order chi connectivity index (χ1) is 14.6. The Morgan fingerprint density at radius 3 is 2.73 bits per heavy atom. The maximum atomic E-state index is 12.1. The second-order valence-electron chi connectivity index (χ2n) is 8.05. The zero-order chi connectivity index (χ0) is 20.7. The fourth-order valence-electron chi connectivity index (χ4n) is 4.23. The van der Waals surface area contributed by atoms with Crippen molar-refractivity contribution in [2.24, 2.45) is 0 Å². The average molecular weight is 403 g/mol. The van der Waals surface area contributed by atoms with E-state index in [1.807, 2.05) is 26.1 Å². The Labute approximate surface area is 175 Å². The molecule has 0 spiro atoms. The van der Waals surface area contributed by atoms with Gasteiger partial charge in [-0.1, -0.05) is 6.92 Å². The number of nitrogens with one attached hydrogen (secondary N) is 1. The highest BCUT2D eigenvalue weighted by atomic mass is 16.1. The molecule has 7 heteroatoms. The number of rotatable bonds is 4. The number of fused-ring (bicyclic) bond motifs is 2. The van der Waals surface area contributed by atoms with Gasteiger partial charge in [0.2, 0.25) is 0 Å². The molecule has 154 valence electrons. The first kappa shape index (κ1) is 18.8. The Hall–Kier alpha value is -3.19. The molecule has 4 aromatic heterocycles. The van der Waals surface area contributed by atoms with E-state index in [-0.39, 0.29) is 5.56 Å². The van der Waals surface area contributed by atoms with E-state index in [2.05, 4.69) is 59.7 Å². The third-order valence-corrected chi connectivity index (χ3v) is 5.91. The lowest BCUT2D eigenvalue weighted by Gasteiger charge is -2.36. The monoisotopic (exact) mass is 402 g/mol. The van der Waals surface area contributed by atoms with Gasteiger partial charge in [-0.2, -0.15) is 0 Å². The van der Waals surface area contributed by atoms with E-state index in [0.29, 0.717) is 6.42 Å². The third kappa shape index (κ3) is 3.57. The summed E-state index contributed by atoms with van der Waals surface area (Å²) in [6, 6.07) is 8.20. The Morgan fingerprint density at radius 2 is 1.93 bits per heavy atom. The lowest BCUT2D eigenvalue weighted by molar-refractivity contribution is 0.249. The molecule has 5 rings (SSSR count). The topological polar surface area (TPSA) is 69.5 Å². The second-order valence-corrected chi connectivity index (χ2v) is 8.05. The lowest BCUT2D eigenvalue weighted by atomic mass is 10.1. The molecule has 4 aromatic rings. The highest BCUT2D eigenvalue weighted by molar-refractivity contribution is 5.74. The van der Waals surface area contributed by atoms with Crippen molar-refractivity contribution in [3.8, 4) is 0 Å². The molecule has 30 heavy (non-hydrogen) atoms. The SMILES string of the molecule is CCc1cc2ncc(CN3CCN(c4ccc5nc(C)cn5c4)CC3)cc2[nH]c1=O. The molecule has 0 atom stereocenters. The maximum Gasteiger partial charge on any atom is 0.251 e. The molecule has 1 fully saturated rings. The van der Waals surface area contributed by atoms with E-state index in [0.717, 1.165) is 66.2 Å². The van der Waals surface area contributed by atoms with Crippen LogP contribution in [0.5, 0.6) is 0 Å². The third-order valence-electron chi connectivity index (χ3n) is 5.91. The van der Waals surface area contributed by atoms with Gasteiger partial charge in [0.1, 0.15) is 5.65 Å². The van der Waals surface area contributed by atoms with Crippen molar-refractivity contribution in [3.63, 3.8) is 0 Å². The number of imidazole rings is 1. The maximum absolute atomic E-state index is 12.1. The fourth-order valence-corrected chi connectivity index (χ4v) is 4.23. The number of anilines is 1. The largest absolute Gasteiger partial charge is 0.368 e. The summed E-state index contributed by atoms with van der Waals surface area (Å²) in [7, 11) is 0. The number of hydrogen-bond donors (Lipinski definition) is 1. The molecule has 1 N–H and O–H groups in total. The number of nitrogens with zero attached hydrogens (tertiary/aromatic N) is 5. The van der Waals surface area contributed by atoms with Crippen LogP contribution in [0.25, 0.3) is 16.7 Å². The van der Waals surface area contributed by atoms with Gasteiger partial charge in [0, 0.05) is 56.9 Å². The van der Waals surface area contributed by atoms with Crippen molar-refractivity contribution >= 4 is 22.4 Å². The molecule has 0 saturated carbocycles. The van der Waals surface area contributed by atoms with Gasteiger partial charge in [0.25, 0.3) is 5.56 Å². The summed E-state index contributed by atoms with van der Waals surface area (Å²) in [5.41, 5.74) is 6.83. The highest BCUT2D eigenvalue weighted by Gasteiger charge is 2.18. The lowest BCUT2D eigenvalue weighted by Crippen LogP contribution is -2.46. The van der Waals surface area contributed by atoms with Crippen molar-refractivity contribution in [1.29, 1.82) is 0 Å². The average Bonchev–Trinajstić information content (AvgIpc) is 3.13. The van der Waals surface area contributed by atoms with E-state index in [4.69, 9.17) is 0 Å². The van der Waals surface area contributed by atoms with Gasteiger partial charge in [-0.05, 0) is 43.2 Å². The van der Waals surface area contributed by atoms with Crippen molar-refractivity contribution in [2.45, 2.75) is 26.8 Å². The first-order valence-corrected chi connectivity index (χ1v) is 10.5. The molecule has 1 aliphatic heterocycles. The van der Waals surface area contributed by atoms with E-state index >= 15 is 0 Å². The normalized spacial score (nSPS) is 15.3. The summed E-state index contributed by atoms with van der Waals surface area (Å²) in [5.74, 6) is 0. The molecule has 1 aliphatic rings. The van der Waals surface area contributed by atoms with Crippen LogP contribution in [-0.2, 0) is 13.0 Å². The van der Waals surface area contributed by atoms with Gasteiger partial charge in [0.05, 0.1) is 22.4 Å². The van der Waals surface area contributed by atoms with Crippen LogP contribution in [0.4, 0.5) is 5.69 Å². The smallest absolute Gasteiger partial charge is 0.251 e. The van der Waals surface area contributed by atoms with Crippen LogP contribution in [0, 0.1) is 6.92 Å². The molecular formula is C23H26N6O. The molecule has 0 amide bonds. The first-order valence-electron chi connectivity index (χ1n) is 10.5. The minimum absolute atomic E-state index is 0.0115. The van der Waals surface area contributed by atoms with Crippen LogP contribution in [0.2, 0.25) is 0 Å². The van der Waals surface area contributed by atoms with Gasteiger partial charge >= 0.3 is 0 Å². The molecule has 0 aromatic carbocycles. The van der Waals surface area contributed by atoms with Crippen molar-refractivity contribution in [3.05, 3.63) is 70.0 Å². The van der Waals surface area contributed by atoms with Crippen LogP contribution in [-0.4, -0.2) is 50.4 Å². The van der Waals surface area contributed by atoms with E-state index in [1.54, 1.807) is 0 Å². The number of pyridine rings is 3. The van der Waals surface area contributed by atoms with Crippen LogP contribution < -0.4 is 10.5 Å². The summed E-state index contributed by atoms with van der Waals surface area (Å²) in [6.45, 7) is 8.79. The molecule has 0 aliphatic carbocycles. The van der Waals surface area contributed by atoms with Crippen LogP contribution in [0.3, 0.4) is 0 Å². The molecule has 0 bridgehead atoms. The minimum Gasteiger partial charge on any atom is -0.368 e. The van der Waals surface area contributed by atoms with Crippen molar-refractivity contribution < 1.29 is 0 Å². The molecule has 7 nitrogen and oxygen atoms in total. The number of aryl methyl sites for hydroxylation is 2. The molecule has 0 radical (unpaired) electrons. The Bertz CT molecular complexity index is 1270. The summed E-state index contributed by atoms with van der Waals surface area (Å²) >= 11 is 0. The van der Waals surface area contributed by atoms with Crippen molar-refractivity contribution in [1.82, 2.24) is 24.3 Å². The number of hydrogen-bond acceptors (Lipinski definition) is 5. The molecule has 1 saturated heterocycles. The van der Waals surface area contributed by atoms with Crippen molar-refractivity contribution in [2.75, 3.05) is 31.1 Å². The summed E-state index contributed by atoms with van der Waals surface area (Å²) in [5, 5.41) is 0. The summed E-state index contributed by atoms with van der Waals surface area (Å²) < 4.78 is 2.10. The van der Waals surface area contributed by atoms with E-state index in [1.165, 1.54) is 5.69 Å². The zero-order valence-electron chi connectivity index (χ0n) is 17.4. The molecular weight excluding hydrogens is 376 g/mol. The van der Waals surface area contributed by atoms with Crippen LogP contribution >= 0.6 is 0 Å². The van der Waals surface area contributed by atoms with Gasteiger partial charge in [0.15, 0.2) is 0 Å². The number of aromatic nitrogens is 4. The minimum atomic E-state index is -0.0115. The summed E-state index contributed by atoms with van der Waals surface area (Å²) in [4.78, 5) is 29.0. The fraction of sp³-hybridized carbons (Fsp3) is 0.348. The quantitative estimate of drug-likeness (QED) is 0.568. The Morgan fingerprint density at radius 1 is 1.10 bits per heavy atom.